The Morgan fingerprint density at radius 3 is 2.89 bits per heavy atom. The molecule has 0 saturated heterocycles. The summed E-state index contributed by atoms with van der Waals surface area (Å²) in [4.78, 5) is 16.4. The number of fused-ring (bicyclic) bond motifs is 1. The number of halogens is 1. The molecule has 0 bridgehead atoms. The van der Waals surface area contributed by atoms with Crippen LogP contribution in [0.1, 0.15) is 20.8 Å². The maximum absolute atomic E-state index is 12.5. The van der Waals surface area contributed by atoms with Gasteiger partial charge in [-0.25, -0.2) is 0 Å². The molecule has 90 valence electrons. The molecule has 18 heavy (non-hydrogen) atoms. The number of aromatic nitrogens is 1. The zero-order chi connectivity index (χ0) is 12.7. The number of hydrogen-bond donors (Lipinski definition) is 1. The highest BCUT2D eigenvalue weighted by Crippen LogP contribution is 2.27. The molecule has 3 aromatic rings. The number of carbonyl (C=O) groups is 1. The summed E-state index contributed by atoms with van der Waals surface area (Å²) in [5, 5.41) is 2.91. The van der Waals surface area contributed by atoms with Crippen molar-refractivity contribution in [3.8, 4) is 0 Å². The van der Waals surface area contributed by atoms with E-state index in [0.29, 0.717) is 0 Å². The molecule has 1 aromatic carbocycles. The van der Waals surface area contributed by atoms with Gasteiger partial charge in [-0.15, -0.1) is 11.3 Å². The Bertz CT molecular complexity index is 741. The number of carbonyl (C=O) groups excluding carboxylic acids is 1. The third-order valence-electron chi connectivity index (χ3n) is 2.96. The number of hydrogen-bond acceptors (Lipinski definition) is 2. The first-order chi connectivity index (χ1) is 8.66. The molecule has 0 spiro atoms. The van der Waals surface area contributed by atoms with Crippen molar-refractivity contribution in [1.82, 2.24) is 4.98 Å². The van der Waals surface area contributed by atoms with Crippen LogP contribution < -0.4 is 0 Å². The van der Waals surface area contributed by atoms with Gasteiger partial charge in [0.05, 0.1) is 4.88 Å². The molecule has 0 aliphatic carbocycles. The van der Waals surface area contributed by atoms with Crippen molar-refractivity contribution in [3.63, 3.8) is 0 Å². The van der Waals surface area contributed by atoms with Crippen molar-refractivity contribution in [2.75, 3.05) is 0 Å². The van der Waals surface area contributed by atoms with Crippen LogP contribution in [-0.4, -0.2) is 10.8 Å². The van der Waals surface area contributed by atoms with Crippen LogP contribution in [0.4, 0.5) is 0 Å². The summed E-state index contributed by atoms with van der Waals surface area (Å²) in [6.45, 7) is 1.97. The number of aromatic amines is 1. The zero-order valence-electron chi connectivity index (χ0n) is 9.66. The normalized spacial score (nSPS) is 11.0. The summed E-state index contributed by atoms with van der Waals surface area (Å²) in [6, 6.07) is 7.88. The standard InChI is InChI=1S/C14H10BrNOS/c1-8-4-5-18-14(8)13(17)11-7-16-12-3-2-9(15)6-10(11)12/h2-7,16H,1H3. The van der Waals surface area contributed by atoms with Crippen LogP contribution in [0.3, 0.4) is 0 Å². The van der Waals surface area contributed by atoms with Crippen LogP contribution in [0.2, 0.25) is 0 Å². The Labute approximate surface area is 117 Å². The zero-order valence-corrected chi connectivity index (χ0v) is 12.1. The summed E-state index contributed by atoms with van der Waals surface area (Å²) >= 11 is 4.93. The molecule has 0 amide bonds. The predicted molar refractivity (Wildman–Crippen MR) is 78.5 cm³/mol. The second-order valence-corrected chi connectivity index (χ2v) is 5.99. The van der Waals surface area contributed by atoms with Crippen molar-refractivity contribution in [1.29, 1.82) is 0 Å². The van der Waals surface area contributed by atoms with Gasteiger partial charge in [-0.05, 0) is 42.1 Å². The fourth-order valence-electron chi connectivity index (χ4n) is 2.01. The molecule has 0 aliphatic heterocycles. The average Bonchev–Trinajstić information content (AvgIpc) is 2.94. The van der Waals surface area contributed by atoms with Crippen LogP contribution in [0.15, 0.2) is 40.3 Å². The van der Waals surface area contributed by atoms with E-state index < -0.39 is 0 Å². The van der Waals surface area contributed by atoms with Crippen molar-refractivity contribution in [2.24, 2.45) is 0 Å². The van der Waals surface area contributed by atoms with Gasteiger partial charge in [-0.1, -0.05) is 15.9 Å². The number of H-pyrrole nitrogens is 1. The molecule has 4 heteroatoms. The number of aryl methyl sites for hydroxylation is 1. The minimum atomic E-state index is 0.0897. The van der Waals surface area contributed by atoms with E-state index >= 15 is 0 Å². The first-order valence-electron chi connectivity index (χ1n) is 5.52. The Morgan fingerprint density at radius 1 is 1.33 bits per heavy atom. The summed E-state index contributed by atoms with van der Waals surface area (Å²) in [7, 11) is 0. The average molecular weight is 320 g/mol. The lowest BCUT2D eigenvalue weighted by Crippen LogP contribution is -1.99. The Morgan fingerprint density at radius 2 is 2.17 bits per heavy atom. The van der Waals surface area contributed by atoms with Gasteiger partial charge in [0.25, 0.3) is 0 Å². The number of benzene rings is 1. The van der Waals surface area contributed by atoms with E-state index in [1.165, 1.54) is 11.3 Å². The second-order valence-electron chi connectivity index (χ2n) is 4.15. The summed E-state index contributed by atoms with van der Waals surface area (Å²) in [6.07, 6.45) is 1.79. The van der Waals surface area contributed by atoms with Crippen LogP contribution in [0, 0.1) is 6.92 Å². The molecule has 0 radical (unpaired) electrons. The molecule has 0 saturated carbocycles. The van der Waals surface area contributed by atoms with E-state index in [1.807, 2.05) is 36.6 Å². The minimum Gasteiger partial charge on any atom is -0.360 e. The van der Waals surface area contributed by atoms with Gasteiger partial charge in [0, 0.05) is 27.1 Å². The highest BCUT2D eigenvalue weighted by Gasteiger charge is 2.17. The first kappa shape index (κ1) is 11.7. The number of ketones is 1. The molecular weight excluding hydrogens is 310 g/mol. The molecule has 2 nitrogen and oxygen atoms in total. The molecule has 0 atom stereocenters. The van der Waals surface area contributed by atoms with E-state index in [-0.39, 0.29) is 5.78 Å². The Balaban J connectivity index is 2.18. The number of nitrogens with one attached hydrogen (secondary N) is 1. The summed E-state index contributed by atoms with van der Waals surface area (Å²) < 4.78 is 0.978. The van der Waals surface area contributed by atoms with Gasteiger partial charge in [0.2, 0.25) is 5.78 Å². The topological polar surface area (TPSA) is 32.9 Å². The third-order valence-corrected chi connectivity index (χ3v) is 4.47. The second kappa shape index (κ2) is 4.37. The van der Waals surface area contributed by atoms with E-state index in [0.717, 1.165) is 31.4 Å². The van der Waals surface area contributed by atoms with E-state index in [4.69, 9.17) is 0 Å². The Hall–Kier alpha value is -1.39. The third kappa shape index (κ3) is 1.82. The highest BCUT2D eigenvalue weighted by molar-refractivity contribution is 9.10. The summed E-state index contributed by atoms with van der Waals surface area (Å²) in [5.41, 5.74) is 2.75. The van der Waals surface area contributed by atoms with E-state index in [1.54, 1.807) is 6.20 Å². The van der Waals surface area contributed by atoms with Crippen LogP contribution in [-0.2, 0) is 0 Å². The predicted octanol–water partition coefficient (Wildman–Crippen LogP) is 4.53. The number of thiophene rings is 1. The van der Waals surface area contributed by atoms with Gasteiger partial charge < -0.3 is 4.98 Å². The lowest BCUT2D eigenvalue weighted by molar-refractivity contribution is 0.104. The van der Waals surface area contributed by atoms with Crippen molar-refractivity contribution in [2.45, 2.75) is 6.92 Å². The maximum Gasteiger partial charge on any atom is 0.205 e. The van der Waals surface area contributed by atoms with Gasteiger partial charge >= 0.3 is 0 Å². The van der Waals surface area contributed by atoms with E-state index in [2.05, 4.69) is 20.9 Å². The quantitative estimate of drug-likeness (QED) is 0.691. The van der Waals surface area contributed by atoms with E-state index in [9.17, 15) is 4.79 Å². The lowest BCUT2D eigenvalue weighted by Gasteiger charge is -1.99. The fraction of sp³-hybridized carbons (Fsp3) is 0.0714. The fourth-order valence-corrected chi connectivity index (χ4v) is 3.25. The molecule has 2 heterocycles. The van der Waals surface area contributed by atoms with Gasteiger partial charge in [-0.3, -0.25) is 4.79 Å². The van der Waals surface area contributed by atoms with Gasteiger partial charge in [-0.2, -0.15) is 0 Å². The van der Waals surface area contributed by atoms with Crippen LogP contribution >= 0.6 is 27.3 Å². The Kier molecular flexibility index (Phi) is 2.84. The van der Waals surface area contributed by atoms with Gasteiger partial charge in [0.1, 0.15) is 0 Å². The molecule has 0 unspecified atom stereocenters. The molecule has 2 aromatic heterocycles. The highest BCUT2D eigenvalue weighted by atomic mass is 79.9. The molecule has 0 aliphatic rings. The van der Waals surface area contributed by atoms with Crippen molar-refractivity contribution in [3.05, 3.63) is 56.3 Å². The van der Waals surface area contributed by atoms with Crippen molar-refractivity contribution >= 4 is 44.0 Å². The lowest BCUT2D eigenvalue weighted by atomic mass is 10.1. The minimum absolute atomic E-state index is 0.0897. The molecule has 3 rings (SSSR count). The maximum atomic E-state index is 12.5. The smallest absolute Gasteiger partial charge is 0.205 e. The molecular formula is C14H10BrNOS. The van der Waals surface area contributed by atoms with Crippen molar-refractivity contribution < 1.29 is 4.79 Å². The number of rotatable bonds is 2. The summed E-state index contributed by atoms with van der Waals surface area (Å²) in [5.74, 6) is 0.0897. The van der Waals surface area contributed by atoms with Crippen LogP contribution in [0.5, 0.6) is 0 Å². The SMILES string of the molecule is Cc1ccsc1C(=O)c1c[nH]c2ccc(Br)cc12. The first-order valence-corrected chi connectivity index (χ1v) is 7.19. The van der Waals surface area contributed by atoms with Gasteiger partial charge in [0.15, 0.2) is 0 Å². The van der Waals surface area contributed by atoms with Crippen LogP contribution in [0.25, 0.3) is 10.9 Å². The monoisotopic (exact) mass is 319 g/mol. The largest absolute Gasteiger partial charge is 0.360 e. The molecule has 1 N–H and O–H groups in total. The molecule has 0 fully saturated rings.